The molecule has 0 aromatic heterocycles. The molecule has 0 aliphatic carbocycles. The van der Waals surface area contributed by atoms with Gasteiger partial charge < -0.3 is 25.0 Å². The van der Waals surface area contributed by atoms with Crippen molar-refractivity contribution in [3.8, 4) is 5.75 Å². The van der Waals surface area contributed by atoms with Gasteiger partial charge in [-0.2, -0.15) is 0 Å². The third-order valence-corrected chi connectivity index (χ3v) is 5.86. The number of hydrogen-bond donors (Lipinski definition) is 2. The zero-order chi connectivity index (χ0) is 21.7. The van der Waals surface area contributed by atoms with Gasteiger partial charge >= 0.3 is 0 Å². The molecule has 1 saturated heterocycles. The lowest BCUT2D eigenvalue weighted by Crippen LogP contribution is -2.63. The van der Waals surface area contributed by atoms with Crippen molar-refractivity contribution in [1.29, 1.82) is 0 Å². The first-order valence-electron chi connectivity index (χ1n) is 10.8. The molecule has 31 heavy (non-hydrogen) atoms. The van der Waals surface area contributed by atoms with E-state index in [2.05, 4.69) is 16.7 Å². The van der Waals surface area contributed by atoms with Crippen LogP contribution in [0.25, 0.3) is 0 Å². The summed E-state index contributed by atoms with van der Waals surface area (Å²) < 4.78 is 11.0. The summed E-state index contributed by atoms with van der Waals surface area (Å²) in [4.78, 5) is 19.7. The second-order valence-corrected chi connectivity index (χ2v) is 8.07. The molecule has 2 aliphatic rings. The molecule has 2 aromatic rings. The van der Waals surface area contributed by atoms with E-state index in [9.17, 15) is 4.79 Å². The molecule has 7 heteroatoms. The van der Waals surface area contributed by atoms with E-state index in [0.29, 0.717) is 26.2 Å². The number of anilines is 2. The summed E-state index contributed by atoms with van der Waals surface area (Å²) in [5.41, 5.74) is 2.60. The number of carbonyl (C=O) groups excluding carboxylic acids is 1. The lowest BCUT2D eigenvalue weighted by atomic mass is 9.85. The second-order valence-electron chi connectivity index (χ2n) is 8.07. The number of carbonyl (C=O) groups is 1. The number of methoxy groups -OCH3 is 1. The molecule has 1 atom stereocenters. The van der Waals surface area contributed by atoms with Crippen LogP contribution in [-0.2, 0) is 9.53 Å². The summed E-state index contributed by atoms with van der Waals surface area (Å²) in [6.45, 7) is 4.38. The van der Waals surface area contributed by atoms with Gasteiger partial charge in [-0.3, -0.25) is 9.79 Å². The zero-order valence-corrected chi connectivity index (χ0v) is 18.2. The smallest absolute Gasteiger partial charge is 0.260 e. The molecule has 2 aliphatic heterocycles. The van der Waals surface area contributed by atoms with Crippen LogP contribution in [0.3, 0.4) is 0 Å². The molecule has 0 radical (unpaired) electrons. The number of benzene rings is 2. The Bertz CT molecular complexity index is 961. The minimum Gasteiger partial charge on any atom is -0.484 e. The Labute approximate surface area is 183 Å². The van der Waals surface area contributed by atoms with E-state index in [0.717, 1.165) is 41.4 Å². The highest BCUT2D eigenvalue weighted by Gasteiger charge is 2.44. The van der Waals surface area contributed by atoms with Crippen LogP contribution in [0.5, 0.6) is 5.75 Å². The quantitative estimate of drug-likeness (QED) is 0.699. The Kier molecular flexibility index (Phi) is 6.42. The summed E-state index contributed by atoms with van der Waals surface area (Å²) in [5.74, 6) is 1.59. The third kappa shape index (κ3) is 4.66. The number of likely N-dealkylation sites (tertiary alicyclic amines) is 1. The molecule has 1 fully saturated rings. The third-order valence-electron chi connectivity index (χ3n) is 5.86. The number of nitrogens with zero attached hydrogens (tertiary/aromatic N) is 2. The average molecular weight is 423 g/mol. The Morgan fingerprint density at radius 1 is 1.16 bits per heavy atom. The number of ether oxygens (including phenoxy) is 2. The van der Waals surface area contributed by atoms with E-state index in [-0.39, 0.29) is 12.5 Å². The van der Waals surface area contributed by atoms with Crippen LogP contribution < -0.4 is 15.4 Å². The zero-order valence-electron chi connectivity index (χ0n) is 18.2. The number of hydrogen-bond acceptors (Lipinski definition) is 5. The largest absolute Gasteiger partial charge is 0.484 e. The molecule has 1 unspecified atom stereocenters. The van der Waals surface area contributed by atoms with Crippen LogP contribution in [0.2, 0.25) is 0 Å². The fraction of sp³-hybridized carbons (Fsp3) is 0.417. The fourth-order valence-corrected chi connectivity index (χ4v) is 4.22. The maximum atomic E-state index is 13.0. The maximum Gasteiger partial charge on any atom is 0.260 e. The van der Waals surface area contributed by atoms with Gasteiger partial charge in [-0.25, -0.2) is 0 Å². The summed E-state index contributed by atoms with van der Waals surface area (Å²) in [6, 6.07) is 15.8. The van der Waals surface area contributed by atoms with E-state index in [1.165, 1.54) is 0 Å². The van der Waals surface area contributed by atoms with Crippen molar-refractivity contribution in [2.45, 2.75) is 25.3 Å². The number of amides is 1. The molecule has 4 rings (SSSR count). The number of aryl methyl sites for hydroxylation is 1. The molecule has 164 valence electrons. The first-order valence-corrected chi connectivity index (χ1v) is 10.8. The number of piperidine rings is 1. The van der Waals surface area contributed by atoms with Gasteiger partial charge in [-0.1, -0.05) is 30.3 Å². The van der Waals surface area contributed by atoms with Crippen molar-refractivity contribution in [1.82, 2.24) is 4.90 Å². The average Bonchev–Trinajstić information content (AvgIpc) is 2.79. The molecular weight excluding hydrogens is 392 g/mol. The first kappa shape index (κ1) is 21.2. The minimum atomic E-state index is -0.446. The van der Waals surface area contributed by atoms with Gasteiger partial charge in [0.25, 0.3) is 5.91 Å². The van der Waals surface area contributed by atoms with Crippen molar-refractivity contribution in [2.24, 2.45) is 4.99 Å². The summed E-state index contributed by atoms with van der Waals surface area (Å²) in [7, 11) is 1.67. The molecule has 0 saturated carbocycles. The fourth-order valence-electron chi connectivity index (χ4n) is 4.22. The number of fused-ring (bicyclic) bond motifs is 1. The van der Waals surface area contributed by atoms with Gasteiger partial charge in [0.05, 0.1) is 31.1 Å². The highest BCUT2D eigenvalue weighted by Crippen LogP contribution is 2.36. The molecule has 1 spiro atoms. The normalized spacial score (nSPS) is 21.4. The van der Waals surface area contributed by atoms with Crippen molar-refractivity contribution < 1.29 is 14.3 Å². The SMILES string of the molecule is COCCN=C1Nc2ccccc2NC12CCCN(C(=O)COc1ccccc1C)C2. The second kappa shape index (κ2) is 9.39. The lowest BCUT2D eigenvalue weighted by Gasteiger charge is -2.47. The van der Waals surface area contributed by atoms with Gasteiger partial charge in [-0.05, 0) is 43.5 Å². The summed E-state index contributed by atoms with van der Waals surface area (Å²) in [6.07, 6.45) is 1.78. The highest BCUT2D eigenvalue weighted by molar-refractivity contribution is 6.10. The van der Waals surface area contributed by atoms with Crippen LogP contribution in [0.1, 0.15) is 18.4 Å². The standard InChI is InChI=1S/C24H30N4O3/c1-18-8-3-6-11-21(18)31-16-22(29)28-14-7-12-24(17-28)23(25-13-15-30-2)26-19-9-4-5-10-20(19)27-24/h3-6,8-11,27H,7,12-17H2,1-2H3,(H,25,26). The summed E-state index contributed by atoms with van der Waals surface area (Å²) in [5, 5.41) is 7.19. The van der Waals surface area contributed by atoms with Crippen LogP contribution in [0.4, 0.5) is 11.4 Å². The van der Waals surface area contributed by atoms with Gasteiger partial charge in [0.15, 0.2) is 6.61 Å². The predicted molar refractivity (Wildman–Crippen MR) is 123 cm³/mol. The van der Waals surface area contributed by atoms with Crippen molar-refractivity contribution in [2.75, 3.05) is 50.6 Å². The molecule has 1 amide bonds. The Hall–Kier alpha value is -3.06. The van der Waals surface area contributed by atoms with E-state index >= 15 is 0 Å². The van der Waals surface area contributed by atoms with E-state index in [1.807, 2.05) is 54.3 Å². The highest BCUT2D eigenvalue weighted by atomic mass is 16.5. The predicted octanol–water partition coefficient (Wildman–Crippen LogP) is 3.32. The number of amidine groups is 1. The first-order chi connectivity index (χ1) is 15.1. The van der Waals surface area contributed by atoms with E-state index in [1.54, 1.807) is 7.11 Å². The maximum absolute atomic E-state index is 13.0. The van der Waals surface area contributed by atoms with Gasteiger partial charge in [-0.15, -0.1) is 0 Å². The molecule has 7 nitrogen and oxygen atoms in total. The van der Waals surface area contributed by atoms with Crippen LogP contribution in [0, 0.1) is 6.92 Å². The van der Waals surface area contributed by atoms with Crippen molar-refractivity contribution in [3.05, 3.63) is 54.1 Å². The Balaban J connectivity index is 1.51. The van der Waals surface area contributed by atoms with Crippen molar-refractivity contribution >= 4 is 23.1 Å². The van der Waals surface area contributed by atoms with E-state index in [4.69, 9.17) is 14.5 Å². The van der Waals surface area contributed by atoms with Crippen LogP contribution in [-0.4, -0.2) is 62.1 Å². The van der Waals surface area contributed by atoms with Gasteiger partial charge in [0.1, 0.15) is 17.1 Å². The van der Waals surface area contributed by atoms with Gasteiger partial charge in [0.2, 0.25) is 0 Å². The number of aliphatic imine (C=N–C) groups is 1. The number of nitrogens with one attached hydrogen (secondary N) is 2. The Morgan fingerprint density at radius 3 is 2.74 bits per heavy atom. The van der Waals surface area contributed by atoms with E-state index < -0.39 is 5.54 Å². The van der Waals surface area contributed by atoms with Crippen LogP contribution >= 0.6 is 0 Å². The van der Waals surface area contributed by atoms with Crippen molar-refractivity contribution in [3.63, 3.8) is 0 Å². The molecule has 0 bridgehead atoms. The molecular formula is C24H30N4O3. The lowest BCUT2D eigenvalue weighted by molar-refractivity contribution is -0.134. The molecule has 2 heterocycles. The van der Waals surface area contributed by atoms with Gasteiger partial charge in [0, 0.05) is 13.7 Å². The number of rotatable bonds is 6. The topological polar surface area (TPSA) is 75.2 Å². The minimum absolute atomic E-state index is 0.0146. The number of para-hydroxylation sites is 3. The monoisotopic (exact) mass is 422 g/mol. The molecule has 2 aromatic carbocycles. The Morgan fingerprint density at radius 2 is 1.94 bits per heavy atom. The molecule has 2 N–H and O–H groups in total. The van der Waals surface area contributed by atoms with Crippen LogP contribution in [0.15, 0.2) is 53.5 Å². The summed E-state index contributed by atoms with van der Waals surface area (Å²) >= 11 is 0.